The predicted octanol–water partition coefficient (Wildman–Crippen LogP) is 3.82. The fraction of sp³-hybridized carbons (Fsp3) is 0.389. The molecule has 1 aromatic carbocycles. The Hall–Kier alpha value is -2.23. The largest absolute Gasteiger partial charge is 0.494 e. The molecule has 0 saturated carbocycles. The molecule has 1 aromatic heterocycles. The normalized spacial score (nSPS) is 11.9. The topological polar surface area (TPSA) is 51.5 Å². The number of amides is 1. The van der Waals surface area contributed by atoms with Crippen molar-refractivity contribution in [2.75, 3.05) is 6.61 Å². The maximum absolute atomic E-state index is 12.2. The zero-order valence-electron chi connectivity index (χ0n) is 13.2. The number of hydrogen-bond acceptors (Lipinski definition) is 3. The van der Waals surface area contributed by atoms with E-state index in [9.17, 15) is 4.79 Å². The Morgan fingerprint density at radius 1 is 1.27 bits per heavy atom. The molecule has 1 unspecified atom stereocenters. The molecule has 2 rings (SSSR count). The van der Waals surface area contributed by atoms with E-state index in [0.717, 1.165) is 30.6 Å². The molecule has 4 nitrogen and oxygen atoms in total. The minimum Gasteiger partial charge on any atom is -0.494 e. The molecule has 0 saturated heterocycles. The highest BCUT2D eigenvalue weighted by Gasteiger charge is 2.11. The summed E-state index contributed by atoms with van der Waals surface area (Å²) in [4.78, 5) is 12.2. The van der Waals surface area contributed by atoms with Crippen LogP contribution in [0, 0.1) is 0 Å². The van der Waals surface area contributed by atoms with E-state index >= 15 is 0 Å². The van der Waals surface area contributed by atoms with Crippen LogP contribution in [0.5, 0.6) is 5.75 Å². The van der Waals surface area contributed by atoms with Gasteiger partial charge < -0.3 is 14.5 Å². The lowest BCUT2D eigenvalue weighted by molar-refractivity contribution is 0.0940. The maximum Gasteiger partial charge on any atom is 0.251 e. The smallest absolute Gasteiger partial charge is 0.251 e. The van der Waals surface area contributed by atoms with E-state index < -0.39 is 0 Å². The van der Waals surface area contributed by atoms with Gasteiger partial charge in [0, 0.05) is 11.6 Å². The lowest BCUT2D eigenvalue weighted by Crippen LogP contribution is -2.33. The van der Waals surface area contributed by atoms with Crippen LogP contribution >= 0.6 is 0 Å². The fourth-order valence-corrected chi connectivity index (χ4v) is 2.16. The minimum atomic E-state index is -0.0731. The highest BCUT2D eigenvalue weighted by molar-refractivity contribution is 5.94. The van der Waals surface area contributed by atoms with Crippen LogP contribution in [-0.2, 0) is 6.42 Å². The zero-order chi connectivity index (χ0) is 15.8. The van der Waals surface area contributed by atoms with Gasteiger partial charge in [0.25, 0.3) is 5.91 Å². The number of ether oxygens (including phenoxy) is 1. The monoisotopic (exact) mass is 301 g/mol. The van der Waals surface area contributed by atoms with Gasteiger partial charge in [-0.05, 0) is 55.7 Å². The molecule has 0 fully saturated rings. The third kappa shape index (κ3) is 4.95. The van der Waals surface area contributed by atoms with E-state index in [1.165, 1.54) is 0 Å². The van der Waals surface area contributed by atoms with Crippen molar-refractivity contribution in [3.05, 3.63) is 54.0 Å². The third-order valence-corrected chi connectivity index (χ3v) is 3.38. The lowest BCUT2D eigenvalue weighted by Gasteiger charge is -2.13. The molecule has 0 radical (unpaired) electrons. The molecule has 22 heavy (non-hydrogen) atoms. The van der Waals surface area contributed by atoms with Gasteiger partial charge in [-0.3, -0.25) is 4.79 Å². The number of hydrogen-bond donors (Lipinski definition) is 1. The summed E-state index contributed by atoms with van der Waals surface area (Å²) in [5, 5.41) is 2.98. The summed E-state index contributed by atoms with van der Waals surface area (Å²) in [6.07, 6.45) is 6.23. The van der Waals surface area contributed by atoms with E-state index in [1.807, 2.05) is 25.1 Å². The quantitative estimate of drug-likeness (QED) is 0.754. The van der Waals surface area contributed by atoms with Crippen LogP contribution in [0.3, 0.4) is 0 Å². The number of unbranched alkanes of at least 4 members (excludes halogenated alkanes) is 1. The molecule has 0 spiro atoms. The summed E-state index contributed by atoms with van der Waals surface area (Å²) >= 11 is 0. The number of carbonyl (C=O) groups is 1. The third-order valence-electron chi connectivity index (χ3n) is 3.38. The van der Waals surface area contributed by atoms with E-state index in [4.69, 9.17) is 9.15 Å². The number of furan rings is 1. The fourth-order valence-electron chi connectivity index (χ4n) is 2.16. The first kappa shape index (κ1) is 16.1. The molecule has 0 aliphatic rings. The van der Waals surface area contributed by atoms with Gasteiger partial charge in [-0.2, -0.15) is 0 Å². The SMILES string of the molecule is CCCCOc1ccc(C(=O)NC(C)Cc2ccoc2)cc1. The Morgan fingerprint density at radius 2 is 2.05 bits per heavy atom. The van der Waals surface area contributed by atoms with Crippen LogP contribution in [0.15, 0.2) is 47.3 Å². The molecule has 0 aliphatic heterocycles. The van der Waals surface area contributed by atoms with Gasteiger partial charge in [-0.25, -0.2) is 0 Å². The Balaban J connectivity index is 1.84. The molecular weight excluding hydrogens is 278 g/mol. The van der Waals surface area contributed by atoms with Crippen LogP contribution < -0.4 is 10.1 Å². The Kier molecular flexibility index (Phi) is 6.07. The Labute approximate surface area is 131 Å². The van der Waals surface area contributed by atoms with Crippen molar-refractivity contribution in [3.8, 4) is 5.75 Å². The van der Waals surface area contributed by atoms with Gasteiger partial charge >= 0.3 is 0 Å². The van der Waals surface area contributed by atoms with Gasteiger partial charge in [-0.15, -0.1) is 0 Å². The van der Waals surface area contributed by atoms with Gasteiger partial charge in [0.15, 0.2) is 0 Å². The van der Waals surface area contributed by atoms with Crippen LogP contribution in [0.2, 0.25) is 0 Å². The molecule has 0 bridgehead atoms. The second-order valence-electron chi connectivity index (χ2n) is 5.44. The van der Waals surface area contributed by atoms with Crippen molar-refractivity contribution in [3.63, 3.8) is 0 Å². The highest BCUT2D eigenvalue weighted by Crippen LogP contribution is 2.13. The van der Waals surface area contributed by atoms with Gasteiger partial charge in [0.1, 0.15) is 5.75 Å². The summed E-state index contributed by atoms with van der Waals surface area (Å²) in [5.74, 6) is 0.729. The van der Waals surface area contributed by atoms with Crippen molar-refractivity contribution in [2.45, 2.75) is 39.2 Å². The molecule has 118 valence electrons. The standard InChI is InChI=1S/C18H23NO3/c1-3-4-10-22-17-7-5-16(6-8-17)18(20)19-14(2)12-15-9-11-21-13-15/h5-9,11,13-14H,3-4,10,12H2,1-2H3,(H,19,20). The van der Waals surface area contributed by atoms with Crippen LogP contribution in [-0.4, -0.2) is 18.6 Å². The van der Waals surface area contributed by atoms with Crippen molar-refractivity contribution in [1.82, 2.24) is 5.32 Å². The number of benzene rings is 1. The average Bonchev–Trinajstić information content (AvgIpc) is 3.01. The van der Waals surface area contributed by atoms with E-state index in [1.54, 1.807) is 24.7 Å². The zero-order valence-corrected chi connectivity index (χ0v) is 13.2. The Bertz CT molecular complexity index is 561. The van der Waals surface area contributed by atoms with Gasteiger partial charge in [0.05, 0.1) is 19.1 Å². The van der Waals surface area contributed by atoms with Crippen molar-refractivity contribution in [1.29, 1.82) is 0 Å². The van der Waals surface area contributed by atoms with E-state index in [0.29, 0.717) is 12.2 Å². The molecule has 1 atom stereocenters. The number of nitrogens with one attached hydrogen (secondary N) is 1. The summed E-state index contributed by atoms with van der Waals surface area (Å²) < 4.78 is 10.6. The summed E-state index contributed by atoms with van der Waals surface area (Å²) in [5.41, 5.74) is 1.72. The molecule has 2 aromatic rings. The second kappa shape index (κ2) is 8.27. The van der Waals surface area contributed by atoms with Crippen LogP contribution in [0.4, 0.5) is 0 Å². The minimum absolute atomic E-state index is 0.0468. The average molecular weight is 301 g/mol. The van der Waals surface area contributed by atoms with Crippen molar-refractivity contribution >= 4 is 5.91 Å². The summed E-state index contributed by atoms with van der Waals surface area (Å²) in [6.45, 7) is 4.82. The molecule has 1 N–H and O–H groups in total. The summed E-state index contributed by atoms with van der Waals surface area (Å²) in [7, 11) is 0. The predicted molar refractivity (Wildman–Crippen MR) is 86.2 cm³/mol. The number of carbonyl (C=O) groups excluding carboxylic acids is 1. The highest BCUT2D eigenvalue weighted by atomic mass is 16.5. The molecule has 1 amide bonds. The van der Waals surface area contributed by atoms with Crippen molar-refractivity contribution < 1.29 is 13.9 Å². The maximum atomic E-state index is 12.2. The Morgan fingerprint density at radius 3 is 2.68 bits per heavy atom. The molecular formula is C18H23NO3. The van der Waals surface area contributed by atoms with Crippen LogP contribution in [0.1, 0.15) is 42.6 Å². The van der Waals surface area contributed by atoms with Crippen LogP contribution in [0.25, 0.3) is 0 Å². The van der Waals surface area contributed by atoms with E-state index in [2.05, 4.69) is 12.2 Å². The first-order chi connectivity index (χ1) is 10.7. The lowest BCUT2D eigenvalue weighted by atomic mass is 10.1. The van der Waals surface area contributed by atoms with E-state index in [-0.39, 0.29) is 11.9 Å². The molecule has 0 aliphatic carbocycles. The van der Waals surface area contributed by atoms with Crippen molar-refractivity contribution in [2.24, 2.45) is 0 Å². The first-order valence-electron chi connectivity index (χ1n) is 7.74. The summed E-state index contributed by atoms with van der Waals surface area (Å²) in [6, 6.07) is 9.22. The second-order valence-corrected chi connectivity index (χ2v) is 5.44. The molecule has 4 heteroatoms. The number of rotatable bonds is 8. The molecule has 1 heterocycles. The van der Waals surface area contributed by atoms with Gasteiger partial charge in [-0.1, -0.05) is 13.3 Å². The van der Waals surface area contributed by atoms with Gasteiger partial charge in [0.2, 0.25) is 0 Å². The first-order valence-corrected chi connectivity index (χ1v) is 7.74.